The Morgan fingerprint density at radius 2 is 1.75 bits per heavy atom. The second-order valence-corrected chi connectivity index (χ2v) is 4.36. The molecule has 0 bridgehead atoms. The smallest absolute Gasteiger partial charge is 0.195 e. The summed E-state index contributed by atoms with van der Waals surface area (Å²) in [6.45, 7) is 0.343. The Morgan fingerprint density at radius 3 is 2.38 bits per heavy atom. The third-order valence-corrected chi connectivity index (χ3v) is 3.30. The molecule has 0 amide bonds. The lowest BCUT2D eigenvalue weighted by Crippen LogP contribution is -1.92. The van der Waals surface area contributed by atoms with Crippen LogP contribution in [0, 0.1) is 17.5 Å². The van der Waals surface area contributed by atoms with E-state index in [1.807, 2.05) is 0 Å². The first-order valence-electron chi connectivity index (χ1n) is 4.56. The van der Waals surface area contributed by atoms with Crippen molar-refractivity contribution in [2.45, 2.75) is 6.54 Å². The van der Waals surface area contributed by atoms with Crippen LogP contribution < -0.4 is 5.73 Å². The molecule has 1 nitrogen and oxygen atoms in total. The maximum Gasteiger partial charge on any atom is 0.195 e. The van der Waals surface area contributed by atoms with Gasteiger partial charge in [0.1, 0.15) is 0 Å². The fraction of sp³-hybridized carbons (Fsp3) is 0.0909. The van der Waals surface area contributed by atoms with Gasteiger partial charge in [-0.3, -0.25) is 0 Å². The number of rotatable bonds is 2. The standard InChI is InChI=1S/C11H8F3NS/c12-8-3-2-7(10(13)11(8)14)9-4-1-6(5-15)16-9/h1-4H,5,15H2. The summed E-state index contributed by atoms with van der Waals surface area (Å²) in [6.07, 6.45) is 0. The Labute approximate surface area is 94.3 Å². The lowest BCUT2D eigenvalue weighted by Gasteiger charge is -2.01. The summed E-state index contributed by atoms with van der Waals surface area (Å²) in [4.78, 5) is 1.40. The summed E-state index contributed by atoms with van der Waals surface area (Å²) in [5.41, 5.74) is 5.47. The lowest BCUT2D eigenvalue weighted by molar-refractivity contribution is 0.449. The van der Waals surface area contributed by atoms with Gasteiger partial charge in [-0.25, -0.2) is 13.2 Å². The van der Waals surface area contributed by atoms with Crippen molar-refractivity contribution in [2.75, 3.05) is 0 Å². The molecule has 0 unspecified atom stereocenters. The highest BCUT2D eigenvalue weighted by Crippen LogP contribution is 2.31. The summed E-state index contributed by atoms with van der Waals surface area (Å²) in [6, 6.07) is 5.51. The van der Waals surface area contributed by atoms with E-state index in [0.717, 1.165) is 10.9 Å². The van der Waals surface area contributed by atoms with Crippen LogP contribution in [0.3, 0.4) is 0 Å². The number of thiophene rings is 1. The van der Waals surface area contributed by atoms with Crippen molar-refractivity contribution in [1.82, 2.24) is 0 Å². The van der Waals surface area contributed by atoms with Crippen LogP contribution in [0.4, 0.5) is 13.2 Å². The minimum absolute atomic E-state index is 0.0589. The van der Waals surface area contributed by atoms with E-state index in [-0.39, 0.29) is 5.56 Å². The second-order valence-electron chi connectivity index (χ2n) is 3.19. The van der Waals surface area contributed by atoms with Gasteiger partial charge >= 0.3 is 0 Å². The second kappa shape index (κ2) is 4.27. The first kappa shape index (κ1) is 11.2. The summed E-state index contributed by atoms with van der Waals surface area (Å²) in [5, 5.41) is 0. The van der Waals surface area contributed by atoms with E-state index in [0.29, 0.717) is 11.4 Å². The molecule has 1 heterocycles. The van der Waals surface area contributed by atoms with E-state index < -0.39 is 17.5 Å². The normalized spacial score (nSPS) is 10.8. The topological polar surface area (TPSA) is 26.0 Å². The lowest BCUT2D eigenvalue weighted by atomic mass is 10.1. The zero-order chi connectivity index (χ0) is 11.7. The van der Waals surface area contributed by atoms with Crippen LogP contribution in [0.1, 0.15) is 4.88 Å². The molecule has 0 fully saturated rings. The number of benzene rings is 1. The van der Waals surface area contributed by atoms with Crippen LogP contribution in [-0.2, 0) is 6.54 Å². The van der Waals surface area contributed by atoms with Gasteiger partial charge < -0.3 is 5.73 Å². The number of hydrogen-bond acceptors (Lipinski definition) is 2. The zero-order valence-corrected chi connectivity index (χ0v) is 8.95. The van der Waals surface area contributed by atoms with Gasteiger partial charge in [-0.15, -0.1) is 11.3 Å². The zero-order valence-electron chi connectivity index (χ0n) is 8.14. The Kier molecular flexibility index (Phi) is 2.98. The molecule has 2 N–H and O–H groups in total. The largest absolute Gasteiger partial charge is 0.326 e. The van der Waals surface area contributed by atoms with Crippen LogP contribution in [-0.4, -0.2) is 0 Å². The van der Waals surface area contributed by atoms with Crippen LogP contribution in [0.15, 0.2) is 24.3 Å². The van der Waals surface area contributed by atoms with Gasteiger partial charge in [0.2, 0.25) is 0 Å². The highest BCUT2D eigenvalue weighted by Gasteiger charge is 2.15. The van der Waals surface area contributed by atoms with Crippen molar-refractivity contribution in [3.8, 4) is 10.4 Å². The van der Waals surface area contributed by atoms with Gasteiger partial charge in [-0.2, -0.15) is 0 Å². The molecule has 0 spiro atoms. The molecule has 0 aliphatic rings. The molecule has 84 valence electrons. The summed E-state index contributed by atoms with van der Waals surface area (Å²) < 4.78 is 39.1. The molecular weight excluding hydrogens is 235 g/mol. The van der Waals surface area contributed by atoms with Gasteiger partial charge in [0.25, 0.3) is 0 Å². The average molecular weight is 243 g/mol. The highest BCUT2D eigenvalue weighted by atomic mass is 32.1. The van der Waals surface area contributed by atoms with Crippen molar-refractivity contribution in [3.05, 3.63) is 46.6 Å². The van der Waals surface area contributed by atoms with Crippen molar-refractivity contribution >= 4 is 11.3 Å². The molecule has 5 heteroatoms. The van der Waals surface area contributed by atoms with Crippen LogP contribution in [0.5, 0.6) is 0 Å². The van der Waals surface area contributed by atoms with Crippen LogP contribution in [0.25, 0.3) is 10.4 Å². The molecule has 1 aromatic carbocycles. The van der Waals surface area contributed by atoms with E-state index in [1.165, 1.54) is 17.4 Å². The van der Waals surface area contributed by atoms with E-state index in [1.54, 1.807) is 12.1 Å². The van der Waals surface area contributed by atoms with Gasteiger partial charge in [-0.05, 0) is 24.3 Å². The summed E-state index contributed by atoms with van der Waals surface area (Å²) in [5.74, 6) is -3.79. The SMILES string of the molecule is NCc1ccc(-c2ccc(F)c(F)c2F)s1. The van der Waals surface area contributed by atoms with Crippen LogP contribution in [0.2, 0.25) is 0 Å². The molecule has 16 heavy (non-hydrogen) atoms. The highest BCUT2D eigenvalue weighted by molar-refractivity contribution is 7.15. The molecule has 0 aliphatic heterocycles. The molecule has 1 aromatic heterocycles. The fourth-order valence-electron chi connectivity index (χ4n) is 1.35. The molecule has 2 aromatic rings. The number of hydrogen-bond donors (Lipinski definition) is 1. The van der Waals surface area contributed by atoms with Crippen molar-refractivity contribution < 1.29 is 13.2 Å². The Balaban J connectivity index is 2.52. The maximum absolute atomic E-state index is 13.4. The van der Waals surface area contributed by atoms with Crippen molar-refractivity contribution in [3.63, 3.8) is 0 Å². The fourth-order valence-corrected chi connectivity index (χ4v) is 2.25. The van der Waals surface area contributed by atoms with Gasteiger partial charge in [0, 0.05) is 21.9 Å². The van der Waals surface area contributed by atoms with Crippen molar-refractivity contribution in [2.24, 2.45) is 5.73 Å². The number of halogens is 3. The molecule has 0 atom stereocenters. The predicted octanol–water partition coefficient (Wildman–Crippen LogP) is 3.29. The average Bonchev–Trinajstić information content (AvgIpc) is 2.74. The third kappa shape index (κ3) is 1.83. The third-order valence-electron chi connectivity index (χ3n) is 2.16. The molecule has 0 aliphatic carbocycles. The minimum Gasteiger partial charge on any atom is -0.326 e. The molecule has 0 saturated carbocycles. The first-order chi connectivity index (χ1) is 7.63. The van der Waals surface area contributed by atoms with E-state index in [2.05, 4.69) is 0 Å². The molecular formula is C11H8F3NS. The van der Waals surface area contributed by atoms with Crippen LogP contribution >= 0.6 is 11.3 Å². The Bertz CT molecular complexity index is 522. The summed E-state index contributed by atoms with van der Waals surface area (Å²) in [7, 11) is 0. The van der Waals surface area contributed by atoms with E-state index >= 15 is 0 Å². The van der Waals surface area contributed by atoms with Crippen molar-refractivity contribution in [1.29, 1.82) is 0 Å². The first-order valence-corrected chi connectivity index (χ1v) is 5.37. The summed E-state index contributed by atoms with van der Waals surface area (Å²) >= 11 is 1.26. The predicted molar refractivity (Wildman–Crippen MR) is 57.5 cm³/mol. The Hall–Kier alpha value is -1.33. The molecule has 0 radical (unpaired) electrons. The van der Waals surface area contributed by atoms with Gasteiger partial charge in [0.05, 0.1) is 0 Å². The minimum atomic E-state index is -1.44. The van der Waals surface area contributed by atoms with E-state index in [4.69, 9.17) is 5.73 Å². The van der Waals surface area contributed by atoms with Gasteiger partial charge in [0.15, 0.2) is 17.5 Å². The van der Waals surface area contributed by atoms with Gasteiger partial charge in [-0.1, -0.05) is 0 Å². The maximum atomic E-state index is 13.4. The monoisotopic (exact) mass is 243 g/mol. The van der Waals surface area contributed by atoms with E-state index in [9.17, 15) is 13.2 Å². The molecule has 0 saturated heterocycles. The molecule has 2 rings (SSSR count). The quantitative estimate of drug-likeness (QED) is 0.805. The Morgan fingerprint density at radius 1 is 1.00 bits per heavy atom. The number of nitrogens with two attached hydrogens (primary N) is 1.